The fraction of sp³-hybridized carbons (Fsp3) is 0.500. The molecule has 2 fully saturated rings. The number of nitrogens with one attached hydrogen (secondary N) is 2. The van der Waals surface area contributed by atoms with Crippen LogP contribution in [0, 0.1) is 11.8 Å². The number of hydrogen-bond acceptors (Lipinski definition) is 7. The number of nitrogens with two attached hydrogens (primary N) is 1. The van der Waals surface area contributed by atoms with Crippen molar-refractivity contribution in [3.63, 3.8) is 0 Å². The number of benzene rings is 1. The van der Waals surface area contributed by atoms with Crippen LogP contribution in [0.1, 0.15) is 45.1 Å². The van der Waals surface area contributed by atoms with Crippen molar-refractivity contribution in [2.45, 2.75) is 51.1 Å². The third-order valence-corrected chi connectivity index (χ3v) is 7.91. The molecule has 0 spiro atoms. The lowest BCUT2D eigenvalue weighted by molar-refractivity contribution is -0.122. The quantitative estimate of drug-likeness (QED) is 0.365. The zero-order valence-corrected chi connectivity index (χ0v) is 22.1. The first-order valence-corrected chi connectivity index (χ1v) is 13.2. The van der Waals surface area contributed by atoms with Gasteiger partial charge in [-0.2, -0.15) is 4.98 Å². The number of ether oxygens (including phenoxy) is 1. The van der Waals surface area contributed by atoms with Crippen molar-refractivity contribution in [1.29, 1.82) is 0 Å². The van der Waals surface area contributed by atoms with Gasteiger partial charge in [0, 0.05) is 29.6 Å². The predicted octanol–water partition coefficient (Wildman–Crippen LogP) is 5.58. The van der Waals surface area contributed by atoms with Gasteiger partial charge in [0.25, 0.3) is 0 Å². The first kappa shape index (κ1) is 25.3. The molecule has 1 aliphatic carbocycles. The molecule has 4 N–H and O–H groups in total. The van der Waals surface area contributed by atoms with Gasteiger partial charge in [0.05, 0.1) is 28.5 Å². The minimum Gasteiger partial charge on any atom is -0.381 e. The number of nitrogens with zero attached hydrogens (tertiary/aromatic N) is 4. The molecule has 3 heterocycles. The topological polar surface area (TPSA) is 120 Å². The van der Waals surface area contributed by atoms with Crippen LogP contribution in [0.3, 0.4) is 0 Å². The maximum Gasteiger partial charge on any atom is 0.224 e. The molecule has 1 aliphatic heterocycles. The molecule has 1 aromatic carbocycles. The average molecular weight is 553 g/mol. The monoisotopic (exact) mass is 551 g/mol. The molecule has 192 valence electrons. The van der Waals surface area contributed by atoms with E-state index in [0.717, 1.165) is 19.3 Å². The standard InChI is InChI=1S/C24H28Cl3N7O2/c1-12-11-36-7-6-18(12)30-23-29-10-19-22(33-23)34(15-4-2-13(3-5-15)21(28)35)24(31-19)32-20-16(26)8-14(25)9-17(20)27/h8-10,12-13,15,18H,2-7,11H2,1H3,(H2,28,35)(H,31,32)(H,29,30,33)/t12-,13-,15+,18+/m1/s1. The van der Waals surface area contributed by atoms with E-state index in [2.05, 4.69) is 27.1 Å². The first-order valence-electron chi connectivity index (χ1n) is 12.1. The Morgan fingerprint density at radius 1 is 1.11 bits per heavy atom. The third-order valence-electron chi connectivity index (χ3n) is 7.10. The Morgan fingerprint density at radius 2 is 1.83 bits per heavy atom. The van der Waals surface area contributed by atoms with Crippen LogP contribution >= 0.6 is 34.8 Å². The molecule has 0 unspecified atom stereocenters. The highest BCUT2D eigenvalue weighted by atomic mass is 35.5. The van der Waals surface area contributed by atoms with Gasteiger partial charge in [-0.15, -0.1) is 0 Å². The van der Waals surface area contributed by atoms with Crippen molar-refractivity contribution in [2.24, 2.45) is 17.6 Å². The highest BCUT2D eigenvalue weighted by Gasteiger charge is 2.30. The molecule has 2 atom stereocenters. The van der Waals surface area contributed by atoms with Crippen molar-refractivity contribution < 1.29 is 9.53 Å². The van der Waals surface area contributed by atoms with Crippen LogP contribution in [0.4, 0.5) is 17.6 Å². The molecule has 9 nitrogen and oxygen atoms in total. The number of imidazole rings is 1. The number of aromatic nitrogens is 4. The fourth-order valence-corrected chi connectivity index (χ4v) is 5.96. The number of amides is 1. The van der Waals surface area contributed by atoms with Crippen LogP contribution in [0.25, 0.3) is 11.2 Å². The predicted molar refractivity (Wildman–Crippen MR) is 142 cm³/mol. The summed E-state index contributed by atoms with van der Waals surface area (Å²) in [7, 11) is 0. The highest BCUT2D eigenvalue weighted by molar-refractivity contribution is 6.41. The molecule has 1 saturated carbocycles. The summed E-state index contributed by atoms with van der Waals surface area (Å²) in [5, 5.41) is 7.98. The summed E-state index contributed by atoms with van der Waals surface area (Å²) >= 11 is 19.0. The van der Waals surface area contributed by atoms with Crippen molar-refractivity contribution in [2.75, 3.05) is 23.8 Å². The number of hydrogen-bond donors (Lipinski definition) is 3. The number of anilines is 3. The van der Waals surface area contributed by atoms with Gasteiger partial charge in [0.15, 0.2) is 5.65 Å². The molecule has 5 rings (SSSR count). The van der Waals surface area contributed by atoms with Crippen molar-refractivity contribution in [1.82, 2.24) is 19.5 Å². The van der Waals surface area contributed by atoms with E-state index >= 15 is 0 Å². The van der Waals surface area contributed by atoms with Gasteiger partial charge < -0.3 is 21.1 Å². The van der Waals surface area contributed by atoms with Crippen LogP contribution in [-0.4, -0.2) is 44.7 Å². The molecular formula is C24H28Cl3N7O2. The Bertz CT molecular complexity index is 1250. The van der Waals surface area contributed by atoms with Gasteiger partial charge in [-0.1, -0.05) is 41.7 Å². The van der Waals surface area contributed by atoms with Crippen LogP contribution in [-0.2, 0) is 9.53 Å². The number of carbonyl (C=O) groups excluding carboxylic acids is 1. The minimum absolute atomic E-state index is 0.0581. The van der Waals surface area contributed by atoms with Crippen molar-refractivity contribution in [3.05, 3.63) is 33.4 Å². The molecule has 36 heavy (non-hydrogen) atoms. The summed E-state index contributed by atoms with van der Waals surface area (Å²) in [6.45, 7) is 3.57. The lowest BCUT2D eigenvalue weighted by Crippen LogP contribution is -2.36. The lowest BCUT2D eigenvalue weighted by Gasteiger charge is -2.30. The fourth-order valence-electron chi connectivity index (χ4n) is 5.05. The molecule has 3 aromatic rings. The number of primary amides is 1. The maximum absolute atomic E-state index is 11.7. The summed E-state index contributed by atoms with van der Waals surface area (Å²) in [5.41, 5.74) is 7.41. The largest absolute Gasteiger partial charge is 0.381 e. The number of fused-ring (bicyclic) bond motifs is 1. The summed E-state index contributed by atoms with van der Waals surface area (Å²) in [6.07, 6.45) is 5.55. The molecule has 0 radical (unpaired) electrons. The first-order chi connectivity index (χ1) is 17.3. The van der Waals surface area contributed by atoms with Crippen LogP contribution < -0.4 is 16.4 Å². The van der Waals surface area contributed by atoms with E-state index in [1.54, 1.807) is 18.3 Å². The maximum atomic E-state index is 11.7. The van der Waals surface area contributed by atoms with E-state index in [4.69, 9.17) is 55.2 Å². The molecule has 12 heteroatoms. The highest BCUT2D eigenvalue weighted by Crippen LogP contribution is 2.40. The molecule has 1 saturated heterocycles. The van der Waals surface area contributed by atoms with Crippen LogP contribution in [0.15, 0.2) is 18.3 Å². The van der Waals surface area contributed by atoms with E-state index in [1.165, 1.54) is 0 Å². The Kier molecular flexibility index (Phi) is 7.44. The number of halogens is 3. The second kappa shape index (κ2) is 10.6. The molecule has 1 amide bonds. The molecule has 0 bridgehead atoms. The Hall–Kier alpha value is -2.33. The summed E-state index contributed by atoms with van der Waals surface area (Å²) in [5.74, 6) is 1.07. The van der Waals surface area contributed by atoms with E-state index in [-0.39, 0.29) is 23.9 Å². The van der Waals surface area contributed by atoms with Gasteiger partial charge >= 0.3 is 0 Å². The van der Waals surface area contributed by atoms with E-state index in [0.29, 0.717) is 75.8 Å². The second-order valence-electron chi connectivity index (χ2n) is 9.58. The van der Waals surface area contributed by atoms with Gasteiger partial charge in [0.1, 0.15) is 5.52 Å². The van der Waals surface area contributed by atoms with E-state index < -0.39 is 0 Å². The minimum atomic E-state index is -0.249. The van der Waals surface area contributed by atoms with Gasteiger partial charge in [-0.05, 0) is 50.2 Å². The Labute approximate surface area is 224 Å². The van der Waals surface area contributed by atoms with E-state index in [1.807, 2.05) is 0 Å². The second-order valence-corrected chi connectivity index (χ2v) is 10.8. The lowest BCUT2D eigenvalue weighted by atomic mass is 9.85. The van der Waals surface area contributed by atoms with Gasteiger partial charge in [-0.25, -0.2) is 9.97 Å². The normalized spacial score (nSPS) is 24.6. The SMILES string of the molecule is C[C@@H]1COCC[C@@H]1Nc1ncc2nc(Nc3c(Cl)cc(Cl)cc3Cl)n([C@H]3CC[C@@H](C(N)=O)CC3)c2n1. The summed E-state index contributed by atoms with van der Waals surface area (Å²) in [4.78, 5) is 25.9. The molecule has 2 aromatic heterocycles. The van der Waals surface area contributed by atoms with Crippen molar-refractivity contribution >= 4 is 69.5 Å². The van der Waals surface area contributed by atoms with E-state index in [9.17, 15) is 4.79 Å². The zero-order chi connectivity index (χ0) is 25.4. The van der Waals surface area contributed by atoms with Gasteiger partial charge in [-0.3, -0.25) is 9.36 Å². The van der Waals surface area contributed by atoms with Crippen molar-refractivity contribution in [3.8, 4) is 0 Å². The zero-order valence-electron chi connectivity index (χ0n) is 19.8. The number of carbonyl (C=O) groups is 1. The molecule has 2 aliphatic rings. The van der Waals surface area contributed by atoms with Crippen LogP contribution in [0.2, 0.25) is 15.1 Å². The Morgan fingerprint density at radius 3 is 2.50 bits per heavy atom. The summed E-state index contributed by atoms with van der Waals surface area (Å²) < 4.78 is 7.63. The molecular weight excluding hydrogens is 525 g/mol. The Balaban J connectivity index is 1.53. The van der Waals surface area contributed by atoms with Gasteiger partial charge in [0.2, 0.25) is 17.8 Å². The van der Waals surface area contributed by atoms with Crippen LogP contribution in [0.5, 0.6) is 0 Å². The third kappa shape index (κ3) is 5.20. The summed E-state index contributed by atoms with van der Waals surface area (Å²) in [6, 6.07) is 3.53. The number of rotatable bonds is 6. The smallest absolute Gasteiger partial charge is 0.224 e. The average Bonchev–Trinajstić information content (AvgIpc) is 3.20.